The minimum Gasteiger partial charge on any atom is -0.450 e. The first kappa shape index (κ1) is 27.2. The van der Waals surface area contributed by atoms with Crippen LogP contribution in [0.5, 0.6) is 0 Å². The average molecular weight is 509 g/mol. The van der Waals surface area contributed by atoms with Crippen LogP contribution in [-0.2, 0) is 0 Å². The molecule has 0 amide bonds. The SMILES string of the molecule is Cc1cc(/C(C[C@H](c2ccc(C3CCCCC3)cc2)c2ccc(Cl)cc2C)=N/O)ccn1.O=C(O)O. The molecule has 4 rings (SSSR count). The van der Waals surface area contributed by atoms with E-state index in [4.69, 9.17) is 26.6 Å². The first-order chi connectivity index (χ1) is 17.3. The van der Waals surface area contributed by atoms with Gasteiger partial charge in [0.2, 0.25) is 0 Å². The number of pyridine rings is 1. The van der Waals surface area contributed by atoms with E-state index in [2.05, 4.69) is 47.4 Å². The summed E-state index contributed by atoms with van der Waals surface area (Å²) in [6.07, 6.45) is 7.14. The summed E-state index contributed by atoms with van der Waals surface area (Å²) in [5.41, 5.74) is 7.47. The van der Waals surface area contributed by atoms with Gasteiger partial charge in [0, 0.05) is 34.8 Å². The Labute approximate surface area is 217 Å². The highest BCUT2D eigenvalue weighted by Crippen LogP contribution is 2.36. The van der Waals surface area contributed by atoms with Crippen LogP contribution in [0.1, 0.15) is 83.9 Å². The molecule has 36 heavy (non-hydrogen) atoms. The van der Waals surface area contributed by atoms with E-state index in [1.807, 2.05) is 31.2 Å². The molecule has 6 nitrogen and oxygen atoms in total. The highest BCUT2D eigenvalue weighted by Gasteiger charge is 2.22. The Morgan fingerprint density at radius 2 is 1.69 bits per heavy atom. The van der Waals surface area contributed by atoms with Crippen molar-refractivity contribution in [2.45, 2.75) is 64.2 Å². The lowest BCUT2D eigenvalue weighted by Gasteiger charge is -2.24. The largest absolute Gasteiger partial charge is 0.503 e. The fourth-order valence-corrected chi connectivity index (χ4v) is 5.24. The summed E-state index contributed by atoms with van der Waals surface area (Å²) < 4.78 is 0. The summed E-state index contributed by atoms with van der Waals surface area (Å²) in [6.45, 7) is 4.04. The van der Waals surface area contributed by atoms with Gasteiger partial charge in [-0.3, -0.25) is 4.98 Å². The highest BCUT2D eigenvalue weighted by atomic mass is 35.5. The number of oxime groups is 1. The van der Waals surface area contributed by atoms with E-state index in [1.54, 1.807) is 6.20 Å². The Balaban J connectivity index is 0.000000840. The molecule has 1 atom stereocenters. The Kier molecular flexibility index (Phi) is 9.88. The van der Waals surface area contributed by atoms with Crippen molar-refractivity contribution >= 4 is 23.5 Å². The van der Waals surface area contributed by atoms with Gasteiger partial charge in [0.1, 0.15) is 0 Å². The highest BCUT2D eigenvalue weighted by molar-refractivity contribution is 6.30. The Hall–Kier alpha value is -3.38. The number of carbonyl (C=O) groups is 1. The molecule has 0 bridgehead atoms. The van der Waals surface area contributed by atoms with Crippen LogP contribution in [0.15, 0.2) is 65.9 Å². The second-order valence-corrected chi connectivity index (χ2v) is 9.71. The number of halogens is 1. The van der Waals surface area contributed by atoms with Crippen LogP contribution in [0.4, 0.5) is 4.79 Å². The van der Waals surface area contributed by atoms with Gasteiger partial charge in [-0.15, -0.1) is 0 Å². The van der Waals surface area contributed by atoms with E-state index >= 15 is 0 Å². The number of rotatable bonds is 6. The number of nitrogens with zero attached hydrogens (tertiary/aromatic N) is 2. The van der Waals surface area contributed by atoms with E-state index in [1.165, 1.54) is 48.8 Å². The first-order valence-corrected chi connectivity index (χ1v) is 12.6. The number of hydrogen-bond acceptors (Lipinski definition) is 4. The van der Waals surface area contributed by atoms with Crippen molar-refractivity contribution in [2.75, 3.05) is 0 Å². The third kappa shape index (κ3) is 7.56. The maximum atomic E-state index is 9.89. The predicted molar refractivity (Wildman–Crippen MR) is 143 cm³/mol. The van der Waals surface area contributed by atoms with Gasteiger partial charge in [-0.1, -0.05) is 66.4 Å². The molecule has 2 aromatic carbocycles. The molecule has 1 aliphatic carbocycles. The van der Waals surface area contributed by atoms with Crippen molar-refractivity contribution in [1.29, 1.82) is 0 Å². The Morgan fingerprint density at radius 3 is 2.28 bits per heavy atom. The van der Waals surface area contributed by atoms with Gasteiger partial charge in [0.15, 0.2) is 0 Å². The molecule has 0 radical (unpaired) electrons. The summed E-state index contributed by atoms with van der Waals surface area (Å²) in [5, 5.41) is 28.3. The van der Waals surface area contributed by atoms with E-state index in [9.17, 15) is 5.21 Å². The van der Waals surface area contributed by atoms with Crippen molar-refractivity contribution in [2.24, 2.45) is 5.16 Å². The van der Waals surface area contributed by atoms with Crippen molar-refractivity contribution in [3.05, 3.63) is 99.3 Å². The number of aromatic nitrogens is 1. The fourth-order valence-electron chi connectivity index (χ4n) is 5.01. The van der Waals surface area contributed by atoms with Crippen LogP contribution >= 0.6 is 11.6 Å². The number of carboxylic acid groups (broad SMARTS) is 2. The van der Waals surface area contributed by atoms with Crippen LogP contribution in [0.2, 0.25) is 5.02 Å². The average Bonchev–Trinajstić information content (AvgIpc) is 2.86. The first-order valence-electron chi connectivity index (χ1n) is 12.2. The normalized spacial score (nSPS) is 15.0. The van der Waals surface area contributed by atoms with Gasteiger partial charge in [0.25, 0.3) is 0 Å². The molecule has 190 valence electrons. The standard InChI is InChI=1S/C28H31ClN2O.CH2O3/c1-19-16-25(29)12-13-26(19)27(18-28(31-32)24-14-15-30-20(2)17-24)23-10-8-22(9-11-23)21-6-4-3-5-7-21;2-1(3)4/h8-17,21,27,32H,3-7,18H2,1-2H3;(H2,2,3,4)/b31-28+;/t27-;/m1./s1. The molecule has 1 aromatic heterocycles. The molecule has 1 heterocycles. The van der Waals surface area contributed by atoms with Crippen LogP contribution in [-0.4, -0.2) is 32.3 Å². The summed E-state index contributed by atoms with van der Waals surface area (Å²) in [7, 11) is 0. The van der Waals surface area contributed by atoms with Gasteiger partial charge in [-0.2, -0.15) is 0 Å². The zero-order valence-corrected chi connectivity index (χ0v) is 21.4. The molecule has 3 N–H and O–H groups in total. The van der Waals surface area contributed by atoms with Gasteiger partial charge < -0.3 is 15.4 Å². The smallest absolute Gasteiger partial charge is 0.450 e. The number of benzene rings is 2. The lowest BCUT2D eigenvalue weighted by atomic mass is 9.81. The zero-order chi connectivity index (χ0) is 26.1. The third-order valence-electron chi connectivity index (χ3n) is 6.77. The summed E-state index contributed by atoms with van der Waals surface area (Å²) >= 11 is 6.25. The molecule has 0 aliphatic heterocycles. The second kappa shape index (κ2) is 13.1. The van der Waals surface area contributed by atoms with Gasteiger partial charge in [0.05, 0.1) is 5.71 Å². The Bertz CT molecular complexity index is 1180. The van der Waals surface area contributed by atoms with E-state index in [0.717, 1.165) is 21.8 Å². The molecule has 1 fully saturated rings. The second-order valence-electron chi connectivity index (χ2n) is 9.27. The Morgan fingerprint density at radius 1 is 1.03 bits per heavy atom. The number of aryl methyl sites for hydroxylation is 2. The lowest BCUT2D eigenvalue weighted by molar-refractivity contribution is 0.137. The quantitative estimate of drug-likeness (QED) is 0.178. The molecule has 0 saturated heterocycles. The molecule has 0 spiro atoms. The maximum Gasteiger partial charge on any atom is 0.503 e. The summed E-state index contributed by atoms with van der Waals surface area (Å²) in [4.78, 5) is 12.8. The summed E-state index contributed by atoms with van der Waals surface area (Å²) in [5.74, 6) is 0.745. The molecular weight excluding hydrogens is 476 g/mol. The van der Waals surface area contributed by atoms with Crippen molar-refractivity contribution in [1.82, 2.24) is 4.98 Å². The zero-order valence-electron chi connectivity index (χ0n) is 20.7. The lowest BCUT2D eigenvalue weighted by Crippen LogP contribution is -2.12. The van der Waals surface area contributed by atoms with Crippen molar-refractivity contribution in [3.63, 3.8) is 0 Å². The van der Waals surface area contributed by atoms with Gasteiger partial charge in [-0.25, -0.2) is 4.79 Å². The van der Waals surface area contributed by atoms with Crippen LogP contribution in [0.3, 0.4) is 0 Å². The maximum absolute atomic E-state index is 9.89. The topological polar surface area (TPSA) is 103 Å². The van der Waals surface area contributed by atoms with Gasteiger partial charge >= 0.3 is 6.16 Å². The minimum absolute atomic E-state index is 0.0621. The summed E-state index contributed by atoms with van der Waals surface area (Å²) in [6, 6.07) is 19.0. The van der Waals surface area contributed by atoms with Gasteiger partial charge in [-0.05, 0) is 79.1 Å². The molecule has 3 aromatic rings. The molecular formula is C29H33ClN2O4. The molecule has 0 unspecified atom stereocenters. The van der Waals surface area contributed by atoms with Crippen LogP contribution < -0.4 is 0 Å². The van der Waals surface area contributed by atoms with Crippen LogP contribution in [0, 0.1) is 13.8 Å². The third-order valence-corrected chi connectivity index (χ3v) is 7.01. The monoisotopic (exact) mass is 508 g/mol. The minimum atomic E-state index is -1.83. The fraction of sp³-hybridized carbons (Fsp3) is 0.345. The molecule has 1 saturated carbocycles. The molecule has 7 heteroatoms. The predicted octanol–water partition coefficient (Wildman–Crippen LogP) is 8.02. The van der Waals surface area contributed by atoms with E-state index in [-0.39, 0.29) is 5.92 Å². The van der Waals surface area contributed by atoms with E-state index < -0.39 is 6.16 Å². The number of hydrogen-bond donors (Lipinski definition) is 3. The van der Waals surface area contributed by atoms with E-state index in [0.29, 0.717) is 18.1 Å². The van der Waals surface area contributed by atoms with Crippen molar-refractivity contribution in [3.8, 4) is 0 Å². The molecule has 1 aliphatic rings. The van der Waals surface area contributed by atoms with Crippen LogP contribution in [0.25, 0.3) is 0 Å². The van der Waals surface area contributed by atoms with Crippen molar-refractivity contribution < 1.29 is 20.2 Å².